The van der Waals surface area contributed by atoms with E-state index in [1.165, 1.54) is 0 Å². The fourth-order valence-electron chi connectivity index (χ4n) is 1.68. The van der Waals surface area contributed by atoms with Crippen molar-refractivity contribution in [1.29, 1.82) is 0 Å². The summed E-state index contributed by atoms with van der Waals surface area (Å²) in [6.07, 6.45) is 0. The van der Waals surface area contributed by atoms with Crippen LogP contribution in [-0.2, 0) is 6.54 Å². The number of nitrogen functional groups attached to an aromatic ring is 1. The second-order valence-electron chi connectivity index (χ2n) is 4.08. The fraction of sp³-hybridized carbons (Fsp3) is 0.154. The number of benzene rings is 1. The number of hydrogen-bond donors (Lipinski definition) is 3. The Morgan fingerprint density at radius 1 is 1.37 bits per heavy atom. The molecular weight excluding hydrogens is 326 g/mol. The molecule has 1 aromatic heterocycles. The summed E-state index contributed by atoms with van der Waals surface area (Å²) >= 11 is 5.00. The maximum Gasteiger partial charge on any atom is 0.253 e. The van der Waals surface area contributed by atoms with Crippen molar-refractivity contribution in [3.8, 4) is 0 Å². The molecule has 2 aromatic rings. The van der Waals surface area contributed by atoms with Crippen molar-refractivity contribution in [1.82, 2.24) is 5.32 Å². The van der Waals surface area contributed by atoms with Gasteiger partial charge in [0.25, 0.3) is 5.91 Å². The number of rotatable bonds is 4. The van der Waals surface area contributed by atoms with Gasteiger partial charge in [-0.05, 0) is 47.1 Å². The molecule has 0 bridgehead atoms. The molecule has 0 saturated heterocycles. The van der Waals surface area contributed by atoms with E-state index >= 15 is 0 Å². The summed E-state index contributed by atoms with van der Waals surface area (Å²) in [6.45, 7) is 2.44. The van der Waals surface area contributed by atoms with Gasteiger partial charge in [-0.25, -0.2) is 0 Å². The van der Waals surface area contributed by atoms with Crippen molar-refractivity contribution in [3.63, 3.8) is 0 Å². The van der Waals surface area contributed by atoms with E-state index in [1.807, 2.05) is 31.2 Å². The van der Waals surface area contributed by atoms with E-state index in [0.29, 0.717) is 17.8 Å². The van der Waals surface area contributed by atoms with Gasteiger partial charge in [0.05, 0.1) is 21.6 Å². The molecule has 0 aliphatic carbocycles. The molecule has 0 atom stereocenters. The van der Waals surface area contributed by atoms with Gasteiger partial charge in [-0.3, -0.25) is 10.6 Å². The molecule has 0 fully saturated rings. The highest BCUT2D eigenvalue weighted by Gasteiger charge is 2.11. The van der Waals surface area contributed by atoms with Crippen molar-refractivity contribution in [2.24, 2.45) is 5.84 Å². The normalized spacial score (nSPS) is 10.3. The molecule has 4 nitrogen and oxygen atoms in total. The summed E-state index contributed by atoms with van der Waals surface area (Å²) in [7, 11) is 0. The number of thiophene rings is 1. The van der Waals surface area contributed by atoms with Gasteiger partial charge >= 0.3 is 0 Å². The van der Waals surface area contributed by atoms with Crippen molar-refractivity contribution in [3.05, 3.63) is 50.1 Å². The van der Waals surface area contributed by atoms with E-state index in [2.05, 4.69) is 26.7 Å². The molecule has 0 aliphatic heterocycles. The largest absolute Gasteiger partial charge is 0.347 e. The summed E-state index contributed by atoms with van der Waals surface area (Å²) in [5.74, 6) is 5.28. The Labute approximate surface area is 124 Å². The Morgan fingerprint density at radius 3 is 2.79 bits per heavy atom. The number of carbonyl (C=O) groups excluding carboxylic acids is 1. The molecule has 6 heteroatoms. The molecule has 1 aromatic carbocycles. The molecular formula is C13H14BrN3OS. The van der Waals surface area contributed by atoms with Gasteiger partial charge in [-0.2, -0.15) is 0 Å². The number of anilines is 1. The maximum absolute atomic E-state index is 12.1. The minimum Gasteiger partial charge on any atom is -0.347 e. The Kier molecular flexibility index (Phi) is 4.57. The first-order chi connectivity index (χ1) is 9.10. The number of halogens is 1. The Hall–Kier alpha value is -1.37. The molecule has 2 rings (SSSR count). The van der Waals surface area contributed by atoms with Gasteiger partial charge in [0.15, 0.2) is 0 Å². The van der Waals surface area contributed by atoms with Crippen LogP contribution in [0.15, 0.2) is 34.1 Å². The zero-order chi connectivity index (χ0) is 13.8. The molecule has 0 aliphatic rings. The lowest BCUT2D eigenvalue weighted by Crippen LogP contribution is -2.24. The molecule has 1 amide bonds. The van der Waals surface area contributed by atoms with Gasteiger partial charge in [-0.15, -0.1) is 11.3 Å². The third-order valence-corrected chi connectivity index (χ3v) is 4.25. The van der Waals surface area contributed by atoms with Gasteiger partial charge in [0.1, 0.15) is 0 Å². The van der Waals surface area contributed by atoms with Gasteiger partial charge in [0.2, 0.25) is 0 Å². The van der Waals surface area contributed by atoms with Crippen LogP contribution < -0.4 is 16.6 Å². The zero-order valence-corrected chi connectivity index (χ0v) is 12.8. The topological polar surface area (TPSA) is 67.1 Å². The Morgan fingerprint density at radius 2 is 2.16 bits per heavy atom. The Balaban J connectivity index is 2.09. The summed E-state index contributed by atoms with van der Waals surface area (Å²) in [6, 6.07) is 9.46. The maximum atomic E-state index is 12.1. The number of hydrogen-bond acceptors (Lipinski definition) is 4. The highest BCUT2D eigenvalue weighted by atomic mass is 79.9. The number of hydrazine groups is 1. The predicted molar refractivity (Wildman–Crippen MR) is 82.2 cm³/mol. The zero-order valence-electron chi connectivity index (χ0n) is 10.4. The fourth-order valence-corrected chi connectivity index (χ4v) is 3.10. The summed E-state index contributed by atoms with van der Waals surface area (Å²) in [4.78, 5) is 13.2. The van der Waals surface area contributed by atoms with Crippen LogP contribution in [-0.4, -0.2) is 5.91 Å². The van der Waals surface area contributed by atoms with E-state index in [1.54, 1.807) is 17.4 Å². The highest BCUT2D eigenvalue weighted by molar-refractivity contribution is 9.11. The Bertz CT molecular complexity index is 597. The van der Waals surface area contributed by atoms with Gasteiger partial charge in [0, 0.05) is 4.88 Å². The molecule has 0 saturated carbocycles. The summed E-state index contributed by atoms with van der Waals surface area (Å²) in [5.41, 5.74) is 4.73. The van der Waals surface area contributed by atoms with Gasteiger partial charge in [-0.1, -0.05) is 11.6 Å². The van der Waals surface area contributed by atoms with Crippen molar-refractivity contribution in [2.45, 2.75) is 13.5 Å². The number of amides is 1. The molecule has 19 heavy (non-hydrogen) atoms. The molecule has 0 unspecified atom stereocenters. The monoisotopic (exact) mass is 339 g/mol. The summed E-state index contributed by atoms with van der Waals surface area (Å²) in [5, 5.41) is 2.89. The number of nitrogens with one attached hydrogen (secondary N) is 2. The second-order valence-corrected chi connectivity index (χ2v) is 6.63. The average Bonchev–Trinajstić information content (AvgIpc) is 2.81. The van der Waals surface area contributed by atoms with Crippen LogP contribution >= 0.6 is 27.3 Å². The van der Waals surface area contributed by atoms with Crippen LogP contribution in [0.5, 0.6) is 0 Å². The molecule has 0 radical (unpaired) electrons. The second kappa shape index (κ2) is 6.18. The lowest BCUT2D eigenvalue weighted by Gasteiger charge is -2.10. The van der Waals surface area contributed by atoms with E-state index < -0.39 is 0 Å². The smallest absolute Gasteiger partial charge is 0.253 e. The third-order valence-electron chi connectivity index (χ3n) is 2.63. The van der Waals surface area contributed by atoms with Crippen LogP contribution in [0, 0.1) is 6.92 Å². The van der Waals surface area contributed by atoms with Crippen molar-refractivity contribution >= 4 is 38.9 Å². The van der Waals surface area contributed by atoms with Crippen LogP contribution in [0.2, 0.25) is 0 Å². The number of aryl methyl sites for hydroxylation is 1. The number of carbonyl (C=O) groups is 1. The van der Waals surface area contributed by atoms with Crippen LogP contribution in [0.4, 0.5) is 5.69 Å². The van der Waals surface area contributed by atoms with Crippen LogP contribution in [0.3, 0.4) is 0 Å². The van der Waals surface area contributed by atoms with Gasteiger partial charge < -0.3 is 10.7 Å². The standard InChI is InChI=1S/C13H14BrN3OS/c1-8-2-4-11(17-15)10(6-8)13(18)16-7-9-3-5-12(14)19-9/h2-6,17H,7,15H2,1H3,(H,16,18). The SMILES string of the molecule is Cc1ccc(NN)c(C(=O)NCc2ccc(Br)s2)c1. The minimum absolute atomic E-state index is 0.138. The molecule has 100 valence electrons. The quantitative estimate of drug-likeness (QED) is 0.592. The molecule has 0 spiro atoms. The van der Waals surface area contributed by atoms with Crippen LogP contribution in [0.1, 0.15) is 20.8 Å². The minimum atomic E-state index is -0.138. The average molecular weight is 340 g/mol. The first-order valence-corrected chi connectivity index (χ1v) is 7.31. The predicted octanol–water partition coefficient (Wildman–Crippen LogP) is 3.03. The highest BCUT2D eigenvalue weighted by Crippen LogP contribution is 2.22. The first-order valence-electron chi connectivity index (χ1n) is 5.70. The van der Waals surface area contributed by atoms with E-state index in [4.69, 9.17) is 5.84 Å². The lowest BCUT2D eigenvalue weighted by atomic mass is 10.1. The van der Waals surface area contributed by atoms with E-state index in [9.17, 15) is 4.79 Å². The van der Waals surface area contributed by atoms with E-state index in [0.717, 1.165) is 14.2 Å². The third kappa shape index (κ3) is 3.56. The first kappa shape index (κ1) is 14.0. The lowest BCUT2D eigenvalue weighted by molar-refractivity contribution is 0.0952. The summed E-state index contributed by atoms with van der Waals surface area (Å²) < 4.78 is 1.05. The van der Waals surface area contributed by atoms with Crippen LogP contribution in [0.25, 0.3) is 0 Å². The molecule has 4 N–H and O–H groups in total. The van der Waals surface area contributed by atoms with E-state index in [-0.39, 0.29) is 5.91 Å². The number of nitrogens with two attached hydrogens (primary N) is 1. The van der Waals surface area contributed by atoms with Crippen molar-refractivity contribution in [2.75, 3.05) is 5.43 Å². The molecule has 1 heterocycles. The van der Waals surface area contributed by atoms with Crippen molar-refractivity contribution < 1.29 is 4.79 Å².